The van der Waals surface area contributed by atoms with E-state index in [1.165, 1.54) is 18.3 Å². The van der Waals surface area contributed by atoms with E-state index in [1.807, 2.05) is 31.2 Å². The van der Waals surface area contributed by atoms with Crippen LogP contribution in [0.15, 0.2) is 34.1 Å². The number of benzene rings is 1. The highest BCUT2D eigenvalue weighted by Gasteiger charge is 2.16. The Morgan fingerprint density at radius 2 is 2.11 bits per heavy atom. The van der Waals surface area contributed by atoms with Crippen LogP contribution in [0.3, 0.4) is 0 Å². The van der Waals surface area contributed by atoms with Gasteiger partial charge in [-0.05, 0) is 13.0 Å². The van der Waals surface area contributed by atoms with Crippen molar-refractivity contribution in [1.29, 1.82) is 0 Å². The highest BCUT2D eigenvalue weighted by atomic mass is 32.1. The van der Waals surface area contributed by atoms with Gasteiger partial charge in [-0.2, -0.15) is 0 Å². The average molecular weight is 257 g/mol. The van der Waals surface area contributed by atoms with Gasteiger partial charge in [0.15, 0.2) is 5.78 Å². The van der Waals surface area contributed by atoms with Crippen molar-refractivity contribution in [3.63, 3.8) is 0 Å². The maximum atomic E-state index is 11.3. The van der Waals surface area contributed by atoms with Crippen molar-refractivity contribution >= 4 is 28.1 Å². The van der Waals surface area contributed by atoms with E-state index in [-0.39, 0.29) is 5.78 Å². The van der Waals surface area contributed by atoms with Crippen LogP contribution in [0.4, 0.5) is 0 Å². The highest BCUT2D eigenvalue weighted by Crippen LogP contribution is 2.35. The number of carbonyl (C=O) groups is 1. The largest absolute Gasteiger partial charge is 0.461 e. The number of rotatable bonds is 2. The minimum atomic E-state index is -0.0112. The second-order valence-electron chi connectivity index (χ2n) is 4.12. The Hall–Kier alpha value is -1.94. The number of carbonyl (C=O) groups excluding carboxylic acids is 1. The van der Waals surface area contributed by atoms with Gasteiger partial charge in [-0.15, -0.1) is 11.3 Å². The topological polar surface area (TPSA) is 43.1 Å². The number of nitrogens with zero attached hydrogens (tertiary/aromatic N) is 1. The fourth-order valence-corrected chi connectivity index (χ4v) is 2.95. The van der Waals surface area contributed by atoms with E-state index in [2.05, 4.69) is 4.98 Å². The number of aryl methyl sites for hydroxylation is 1. The number of para-hydroxylation sites is 1. The zero-order chi connectivity index (χ0) is 12.7. The molecule has 0 unspecified atom stereocenters. The van der Waals surface area contributed by atoms with E-state index in [4.69, 9.17) is 4.42 Å². The molecule has 0 saturated heterocycles. The van der Waals surface area contributed by atoms with Crippen LogP contribution >= 0.6 is 11.3 Å². The van der Waals surface area contributed by atoms with Gasteiger partial charge in [-0.25, -0.2) is 4.98 Å². The fourth-order valence-electron chi connectivity index (χ4n) is 1.98. The lowest BCUT2D eigenvalue weighted by Gasteiger charge is -1.93. The van der Waals surface area contributed by atoms with E-state index in [0.717, 1.165) is 27.3 Å². The number of hydrogen-bond donors (Lipinski definition) is 0. The van der Waals surface area contributed by atoms with Crippen molar-refractivity contribution in [1.82, 2.24) is 4.98 Å². The van der Waals surface area contributed by atoms with Gasteiger partial charge in [-0.3, -0.25) is 4.79 Å². The van der Waals surface area contributed by atoms with Crippen LogP contribution in [0.1, 0.15) is 23.2 Å². The van der Waals surface area contributed by atoms with Crippen LogP contribution in [-0.4, -0.2) is 10.8 Å². The molecule has 90 valence electrons. The van der Waals surface area contributed by atoms with E-state index in [1.54, 1.807) is 5.38 Å². The van der Waals surface area contributed by atoms with Gasteiger partial charge < -0.3 is 4.42 Å². The maximum absolute atomic E-state index is 11.3. The van der Waals surface area contributed by atoms with Gasteiger partial charge in [0.25, 0.3) is 0 Å². The Kier molecular flexibility index (Phi) is 2.52. The van der Waals surface area contributed by atoms with Gasteiger partial charge in [-0.1, -0.05) is 18.2 Å². The number of furan rings is 1. The number of hydrogen-bond acceptors (Lipinski definition) is 4. The Bertz CT molecular complexity index is 739. The van der Waals surface area contributed by atoms with Crippen molar-refractivity contribution in [2.45, 2.75) is 13.8 Å². The Morgan fingerprint density at radius 1 is 1.33 bits per heavy atom. The molecule has 0 N–H and O–H groups in total. The summed E-state index contributed by atoms with van der Waals surface area (Å²) in [6.45, 7) is 3.45. The predicted molar refractivity (Wildman–Crippen MR) is 72.1 cm³/mol. The lowest BCUT2D eigenvalue weighted by atomic mass is 10.1. The molecule has 0 fully saturated rings. The molecule has 0 saturated carbocycles. The molecule has 4 heteroatoms. The van der Waals surface area contributed by atoms with Gasteiger partial charge in [0.1, 0.15) is 22.0 Å². The molecule has 0 amide bonds. The van der Waals surface area contributed by atoms with Crippen LogP contribution in [0.5, 0.6) is 0 Å². The second-order valence-corrected chi connectivity index (χ2v) is 4.98. The number of fused-ring (bicyclic) bond motifs is 1. The third kappa shape index (κ3) is 1.66. The van der Waals surface area contributed by atoms with Gasteiger partial charge in [0.2, 0.25) is 0 Å². The molecule has 3 aromatic rings. The van der Waals surface area contributed by atoms with Crippen LogP contribution in [0, 0.1) is 6.92 Å². The number of thiazole rings is 1. The van der Waals surface area contributed by atoms with Crippen molar-refractivity contribution in [2.75, 3.05) is 0 Å². The summed E-state index contributed by atoms with van der Waals surface area (Å²) >= 11 is 1.47. The molecular formula is C14H11NO2S. The smallest absolute Gasteiger partial charge is 0.178 e. The van der Waals surface area contributed by atoms with E-state index in [0.29, 0.717) is 5.69 Å². The quantitative estimate of drug-likeness (QED) is 0.650. The van der Waals surface area contributed by atoms with Gasteiger partial charge in [0, 0.05) is 17.7 Å². The standard InChI is InChI=1S/C14H11NO2S/c1-8(16)11-7-18-14(15-11)13-9(2)17-12-6-4-3-5-10(12)13/h3-7H,1-2H3. The first-order valence-corrected chi connectivity index (χ1v) is 6.50. The number of Topliss-reactive ketones (excluding diaryl/α,β-unsaturated/α-hetero) is 1. The van der Waals surface area contributed by atoms with Gasteiger partial charge in [0.05, 0.1) is 5.56 Å². The molecule has 0 radical (unpaired) electrons. The molecule has 0 atom stereocenters. The summed E-state index contributed by atoms with van der Waals surface area (Å²) in [5.74, 6) is 0.823. The lowest BCUT2D eigenvalue weighted by Crippen LogP contribution is -1.91. The summed E-state index contributed by atoms with van der Waals surface area (Å²) in [6, 6.07) is 7.86. The van der Waals surface area contributed by atoms with E-state index < -0.39 is 0 Å². The van der Waals surface area contributed by atoms with Crippen molar-refractivity contribution in [3.8, 4) is 10.6 Å². The highest BCUT2D eigenvalue weighted by molar-refractivity contribution is 7.13. The number of ketones is 1. The third-order valence-corrected chi connectivity index (χ3v) is 3.71. The minimum Gasteiger partial charge on any atom is -0.461 e. The zero-order valence-electron chi connectivity index (χ0n) is 10.1. The first-order valence-electron chi connectivity index (χ1n) is 5.62. The Balaban J connectivity index is 2.24. The third-order valence-electron chi connectivity index (χ3n) is 2.85. The van der Waals surface area contributed by atoms with Crippen LogP contribution in [0.2, 0.25) is 0 Å². The molecule has 0 bridgehead atoms. The molecule has 1 aromatic carbocycles. The summed E-state index contributed by atoms with van der Waals surface area (Å²) in [6.07, 6.45) is 0. The van der Waals surface area contributed by atoms with Gasteiger partial charge >= 0.3 is 0 Å². The minimum absolute atomic E-state index is 0.0112. The van der Waals surface area contributed by atoms with Crippen molar-refractivity contribution in [2.24, 2.45) is 0 Å². The molecular weight excluding hydrogens is 246 g/mol. The average Bonchev–Trinajstić information content (AvgIpc) is 2.91. The first-order chi connectivity index (χ1) is 8.66. The summed E-state index contributed by atoms with van der Waals surface area (Å²) < 4.78 is 5.70. The first kappa shape index (κ1) is 11.2. The summed E-state index contributed by atoms with van der Waals surface area (Å²) in [5, 5.41) is 3.67. The SMILES string of the molecule is CC(=O)c1csc(-c2c(C)oc3ccccc23)n1. The van der Waals surface area contributed by atoms with Crippen LogP contribution in [0.25, 0.3) is 21.5 Å². The second kappa shape index (κ2) is 4.07. The molecule has 0 aliphatic rings. The molecule has 2 heterocycles. The predicted octanol–water partition coefficient (Wildman–Crippen LogP) is 4.07. The number of aromatic nitrogens is 1. The molecule has 2 aromatic heterocycles. The van der Waals surface area contributed by atoms with Crippen LogP contribution in [-0.2, 0) is 0 Å². The molecule has 3 nitrogen and oxygen atoms in total. The molecule has 0 spiro atoms. The van der Waals surface area contributed by atoms with Crippen LogP contribution < -0.4 is 0 Å². The van der Waals surface area contributed by atoms with Crippen molar-refractivity contribution < 1.29 is 9.21 Å². The zero-order valence-corrected chi connectivity index (χ0v) is 10.9. The Labute approximate surface area is 108 Å². The van der Waals surface area contributed by atoms with E-state index >= 15 is 0 Å². The summed E-state index contributed by atoms with van der Waals surface area (Å²) in [7, 11) is 0. The monoisotopic (exact) mass is 257 g/mol. The van der Waals surface area contributed by atoms with Crippen molar-refractivity contribution in [3.05, 3.63) is 41.1 Å². The normalized spacial score (nSPS) is 11.0. The molecule has 0 aliphatic heterocycles. The van der Waals surface area contributed by atoms with E-state index in [9.17, 15) is 4.79 Å². The maximum Gasteiger partial charge on any atom is 0.178 e. The molecule has 3 rings (SSSR count). The summed E-state index contributed by atoms with van der Waals surface area (Å²) in [4.78, 5) is 15.7. The molecule has 0 aliphatic carbocycles. The molecule has 18 heavy (non-hydrogen) atoms. The Morgan fingerprint density at radius 3 is 2.83 bits per heavy atom. The lowest BCUT2D eigenvalue weighted by molar-refractivity contribution is 0.101. The fraction of sp³-hybridized carbons (Fsp3) is 0.143. The summed E-state index contributed by atoms with van der Waals surface area (Å²) in [5.41, 5.74) is 2.35.